The fourth-order valence-corrected chi connectivity index (χ4v) is 4.19. The summed E-state index contributed by atoms with van der Waals surface area (Å²) in [5.74, 6) is 3.39. The summed E-state index contributed by atoms with van der Waals surface area (Å²) in [6.07, 6.45) is 9.27. The Kier molecular flexibility index (Phi) is 3.94. The zero-order valence-electron chi connectivity index (χ0n) is 16.8. The Morgan fingerprint density at radius 1 is 1.10 bits per heavy atom. The zero-order chi connectivity index (χ0) is 20.1. The van der Waals surface area contributed by atoms with Gasteiger partial charge < -0.3 is 9.64 Å². The molecule has 0 atom stereocenters. The van der Waals surface area contributed by atoms with Crippen LogP contribution in [0.3, 0.4) is 0 Å². The molecule has 4 aromatic rings. The van der Waals surface area contributed by atoms with Gasteiger partial charge in [-0.15, -0.1) is 10.2 Å². The number of pyridine rings is 1. The fraction of sp³-hybridized carbons (Fsp3) is 0.304. The van der Waals surface area contributed by atoms with E-state index in [0.29, 0.717) is 12.6 Å². The van der Waals surface area contributed by atoms with Gasteiger partial charge in [0.15, 0.2) is 5.65 Å². The molecule has 7 nitrogen and oxygen atoms in total. The van der Waals surface area contributed by atoms with Crippen LogP contribution in [0.2, 0.25) is 0 Å². The van der Waals surface area contributed by atoms with Crippen molar-refractivity contribution in [1.29, 1.82) is 0 Å². The Hall–Kier alpha value is -3.48. The smallest absolute Gasteiger partial charge is 0.230 e. The molecule has 0 bridgehead atoms. The average molecular weight is 398 g/mol. The third-order valence-electron chi connectivity index (χ3n) is 5.99. The monoisotopic (exact) mass is 398 g/mol. The van der Waals surface area contributed by atoms with Gasteiger partial charge >= 0.3 is 0 Å². The lowest BCUT2D eigenvalue weighted by Crippen LogP contribution is -2.29. The highest BCUT2D eigenvalue weighted by Gasteiger charge is 2.25. The van der Waals surface area contributed by atoms with Crippen molar-refractivity contribution in [3.63, 3.8) is 0 Å². The van der Waals surface area contributed by atoms with Crippen LogP contribution in [-0.2, 0) is 6.42 Å². The standard InChI is InChI=1S/C23H22N6O/c1-15-18(7-10-29-21(13-16-3-4-16)26-27-22(15)29)17-5-6-19-20(14-17)30-12-11-28(19)23-24-8-2-9-25-23/h2,5-10,14,16H,3-4,11-13H2,1H3. The van der Waals surface area contributed by atoms with E-state index in [1.807, 2.05) is 6.07 Å². The van der Waals surface area contributed by atoms with Gasteiger partial charge in [0.05, 0.1) is 12.2 Å². The molecule has 150 valence electrons. The van der Waals surface area contributed by atoms with Crippen LogP contribution < -0.4 is 9.64 Å². The van der Waals surface area contributed by atoms with Gasteiger partial charge in [-0.1, -0.05) is 6.07 Å². The molecule has 1 saturated carbocycles. The van der Waals surface area contributed by atoms with Crippen molar-refractivity contribution in [1.82, 2.24) is 24.6 Å². The molecule has 1 fully saturated rings. The highest BCUT2D eigenvalue weighted by atomic mass is 16.5. The van der Waals surface area contributed by atoms with Crippen LogP contribution in [0.1, 0.15) is 24.2 Å². The van der Waals surface area contributed by atoms with Crippen molar-refractivity contribution in [3.05, 3.63) is 60.3 Å². The molecule has 0 saturated heterocycles. The molecule has 0 radical (unpaired) electrons. The number of benzene rings is 1. The molecular formula is C23H22N6O. The Morgan fingerprint density at radius 3 is 2.80 bits per heavy atom. The average Bonchev–Trinajstić information content (AvgIpc) is 3.52. The van der Waals surface area contributed by atoms with Gasteiger partial charge in [0.25, 0.3) is 0 Å². The number of aromatic nitrogens is 5. The van der Waals surface area contributed by atoms with Crippen molar-refractivity contribution >= 4 is 17.3 Å². The summed E-state index contributed by atoms with van der Waals surface area (Å²) in [4.78, 5) is 10.9. The third-order valence-corrected chi connectivity index (χ3v) is 5.99. The molecule has 0 spiro atoms. The predicted octanol–water partition coefficient (Wildman–Crippen LogP) is 3.98. The maximum Gasteiger partial charge on any atom is 0.230 e. The SMILES string of the molecule is Cc1c(-c2ccc3c(c2)OCCN3c2ncccn2)ccn2c(CC3CC3)nnc12. The highest BCUT2D eigenvalue weighted by molar-refractivity contribution is 5.78. The minimum absolute atomic E-state index is 0.599. The molecule has 0 unspecified atom stereocenters. The molecule has 2 aliphatic rings. The summed E-state index contributed by atoms with van der Waals surface area (Å²) in [7, 11) is 0. The first-order valence-corrected chi connectivity index (χ1v) is 10.4. The normalized spacial score (nSPS) is 15.8. The van der Waals surface area contributed by atoms with E-state index in [2.05, 4.69) is 66.9 Å². The molecule has 1 aliphatic heterocycles. The number of hydrogen-bond acceptors (Lipinski definition) is 6. The lowest BCUT2D eigenvalue weighted by atomic mass is 10.0. The van der Waals surface area contributed by atoms with Gasteiger partial charge in [0.2, 0.25) is 5.95 Å². The van der Waals surface area contributed by atoms with Crippen molar-refractivity contribution in [2.45, 2.75) is 26.2 Å². The van der Waals surface area contributed by atoms with Crippen molar-refractivity contribution in [2.24, 2.45) is 5.92 Å². The number of fused-ring (bicyclic) bond motifs is 2. The Morgan fingerprint density at radius 2 is 1.97 bits per heavy atom. The van der Waals surface area contributed by atoms with Gasteiger partial charge in [-0.2, -0.15) is 0 Å². The number of rotatable bonds is 4. The second-order valence-corrected chi connectivity index (χ2v) is 8.04. The van der Waals surface area contributed by atoms with Crippen LogP contribution in [0.4, 0.5) is 11.6 Å². The highest BCUT2D eigenvalue weighted by Crippen LogP contribution is 2.39. The zero-order valence-corrected chi connectivity index (χ0v) is 16.8. The minimum atomic E-state index is 0.599. The summed E-state index contributed by atoms with van der Waals surface area (Å²) in [6, 6.07) is 10.3. The van der Waals surface area contributed by atoms with E-state index in [9.17, 15) is 0 Å². The van der Waals surface area contributed by atoms with E-state index < -0.39 is 0 Å². The van der Waals surface area contributed by atoms with Crippen molar-refractivity contribution in [2.75, 3.05) is 18.1 Å². The molecule has 1 aromatic carbocycles. The lowest BCUT2D eigenvalue weighted by Gasteiger charge is -2.29. The molecular weight excluding hydrogens is 376 g/mol. The van der Waals surface area contributed by atoms with Gasteiger partial charge in [0, 0.05) is 30.6 Å². The van der Waals surface area contributed by atoms with Gasteiger partial charge in [-0.25, -0.2) is 9.97 Å². The Labute approximate surface area is 174 Å². The number of hydrogen-bond donors (Lipinski definition) is 0. The van der Waals surface area contributed by atoms with E-state index in [1.54, 1.807) is 12.4 Å². The summed E-state index contributed by atoms with van der Waals surface area (Å²) >= 11 is 0. The van der Waals surface area contributed by atoms with Gasteiger partial charge in [0.1, 0.15) is 18.2 Å². The summed E-state index contributed by atoms with van der Waals surface area (Å²) in [5.41, 5.74) is 5.31. The number of aryl methyl sites for hydroxylation is 1. The minimum Gasteiger partial charge on any atom is -0.490 e. The third kappa shape index (κ3) is 2.89. The summed E-state index contributed by atoms with van der Waals surface area (Å²) in [5, 5.41) is 8.93. The first kappa shape index (κ1) is 17.4. The predicted molar refractivity (Wildman–Crippen MR) is 114 cm³/mol. The fourth-order valence-electron chi connectivity index (χ4n) is 4.19. The maximum atomic E-state index is 5.99. The number of ether oxygens (including phenoxy) is 1. The van der Waals surface area contributed by atoms with Crippen LogP contribution in [0.25, 0.3) is 16.8 Å². The van der Waals surface area contributed by atoms with Crippen LogP contribution in [0, 0.1) is 12.8 Å². The van der Waals surface area contributed by atoms with Crippen molar-refractivity contribution < 1.29 is 4.74 Å². The van der Waals surface area contributed by atoms with E-state index in [-0.39, 0.29) is 0 Å². The molecule has 3 aromatic heterocycles. The molecule has 1 aliphatic carbocycles. The van der Waals surface area contributed by atoms with E-state index in [1.165, 1.54) is 12.8 Å². The van der Waals surface area contributed by atoms with Gasteiger partial charge in [-0.3, -0.25) is 4.40 Å². The summed E-state index contributed by atoms with van der Waals surface area (Å²) < 4.78 is 8.13. The second-order valence-electron chi connectivity index (χ2n) is 8.04. The lowest BCUT2D eigenvalue weighted by molar-refractivity contribution is 0.313. The molecule has 0 amide bonds. The van der Waals surface area contributed by atoms with E-state index in [0.717, 1.165) is 58.5 Å². The molecule has 6 rings (SSSR count). The molecule has 30 heavy (non-hydrogen) atoms. The number of nitrogens with zero attached hydrogens (tertiary/aromatic N) is 6. The topological polar surface area (TPSA) is 68.4 Å². The Bertz CT molecular complexity index is 1230. The second kappa shape index (κ2) is 6.79. The van der Waals surface area contributed by atoms with Crippen LogP contribution >= 0.6 is 0 Å². The van der Waals surface area contributed by atoms with E-state index >= 15 is 0 Å². The summed E-state index contributed by atoms with van der Waals surface area (Å²) in [6.45, 7) is 3.44. The quantitative estimate of drug-likeness (QED) is 0.518. The first-order chi connectivity index (χ1) is 14.8. The van der Waals surface area contributed by atoms with Crippen LogP contribution in [0.15, 0.2) is 48.9 Å². The van der Waals surface area contributed by atoms with Crippen LogP contribution in [0.5, 0.6) is 5.75 Å². The van der Waals surface area contributed by atoms with E-state index in [4.69, 9.17) is 4.74 Å². The maximum absolute atomic E-state index is 5.99. The van der Waals surface area contributed by atoms with Crippen molar-refractivity contribution in [3.8, 4) is 16.9 Å². The molecule has 0 N–H and O–H groups in total. The van der Waals surface area contributed by atoms with Crippen LogP contribution in [-0.4, -0.2) is 37.7 Å². The molecule has 7 heteroatoms. The Balaban J connectivity index is 1.38. The largest absolute Gasteiger partial charge is 0.490 e. The van der Waals surface area contributed by atoms with Gasteiger partial charge in [-0.05, 0) is 61.1 Å². The molecule has 4 heterocycles. The number of anilines is 2. The first-order valence-electron chi connectivity index (χ1n) is 10.4.